The first-order valence-corrected chi connectivity index (χ1v) is 7.36. The fraction of sp³-hybridized carbons (Fsp3) is 0.333. The number of aliphatic hydroxyl groups excluding tert-OH is 1. The van der Waals surface area contributed by atoms with Crippen molar-refractivity contribution in [2.45, 2.75) is 25.3 Å². The molecule has 0 saturated heterocycles. The molecule has 112 valence electrons. The highest BCUT2D eigenvalue weighted by Crippen LogP contribution is 2.21. The molecule has 0 bridgehead atoms. The number of nitrogens with one attached hydrogen (secondary N) is 1. The van der Waals surface area contributed by atoms with Crippen molar-refractivity contribution in [1.29, 1.82) is 0 Å². The Labute approximate surface area is 125 Å². The van der Waals surface area contributed by atoms with Crippen LogP contribution >= 0.6 is 0 Å². The third kappa shape index (κ3) is 4.38. The maximum atomic E-state index is 13.8. The van der Waals surface area contributed by atoms with E-state index < -0.39 is 0 Å². The molecule has 2 N–H and O–H groups in total. The van der Waals surface area contributed by atoms with E-state index in [0.717, 1.165) is 0 Å². The fourth-order valence-corrected chi connectivity index (χ4v) is 2.52. The van der Waals surface area contributed by atoms with Gasteiger partial charge in [-0.3, -0.25) is 0 Å². The molecule has 2 nitrogen and oxygen atoms in total. The fourth-order valence-electron chi connectivity index (χ4n) is 2.52. The van der Waals surface area contributed by atoms with Crippen molar-refractivity contribution in [2.24, 2.45) is 0 Å². The summed E-state index contributed by atoms with van der Waals surface area (Å²) in [5.41, 5.74) is 1.87. The molecule has 21 heavy (non-hydrogen) atoms. The molecule has 0 aliphatic carbocycles. The first kappa shape index (κ1) is 15.7. The van der Waals surface area contributed by atoms with Gasteiger partial charge in [0.15, 0.2) is 0 Å². The molecule has 0 fully saturated rings. The van der Waals surface area contributed by atoms with Crippen LogP contribution in [-0.2, 0) is 0 Å². The van der Waals surface area contributed by atoms with Crippen LogP contribution in [0.25, 0.3) is 0 Å². The molecule has 3 heteroatoms. The lowest BCUT2D eigenvalue weighted by Gasteiger charge is -2.21. The van der Waals surface area contributed by atoms with Gasteiger partial charge in [0, 0.05) is 24.8 Å². The van der Waals surface area contributed by atoms with Gasteiger partial charge in [-0.05, 0) is 30.9 Å². The Bertz CT molecular complexity index is 544. The Balaban J connectivity index is 2.00. The normalized spacial score (nSPS) is 13.9. The second kappa shape index (κ2) is 7.91. The third-order valence-electron chi connectivity index (χ3n) is 3.79. The zero-order valence-electron chi connectivity index (χ0n) is 12.3. The van der Waals surface area contributed by atoms with Crippen LogP contribution in [0.2, 0.25) is 0 Å². The maximum absolute atomic E-state index is 13.8. The molecule has 0 heterocycles. The highest BCUT2D eigenvalue weighted by Gasteiger charge is 2.14. The van der Waals surface area contributed by atoms with E-state index in [9.17, 15) is 9.50 Å². The van der Waals surface area contributed by atoms with Gasteiger partial charge in [0.25, 0.3) is 0 Å². The first-order chi connectivity index (χ1) is 10.2. The average molecular weight is 287 g/mol. The van der Waals surface area contributed by atoms with Crippen LogP contribution in [-0.4, -0.2) is 18.3 Å². The van der Waals surface area contributed by atoms with Gasteiger partial charge in [-0.25, -0.2) is 4.39 Å². The molecule has 0 amide bonds. The standard InChI is InChI=1S/C18H22FNO/c1-14(17-9-5-6-10-18(17)19)20-13-16(11-12-21)15-7-3-2-4-8-15/h2-10,14,16,20-21H,11-13H2,1H3. The Kier molecular flexibility index (Phi) is 5.90. The average Bonchev–Trinajstić information content (AvgIpc) is 2.52. The van der Waals surface area contributed by atoms with Gasteiger partial charge in [-0.2, -0.15) is 0 Å². The molecular formula is C18H22FNO. The summed E-state index contributed by atoms with van der Waals surface area (Å²) in [6.07, 6.45) is 0.695. The number of hydrogen-bond donors (Lipinski definition) is 2. The van der Waals surface area contributed by atoms with Gasteiger partial charge in [-0.1, -0.05) is 48.5 Å². The smallest absolute Gasteiger partial charge is 0.127 e. The van der Waals surface area contributed by atoms with Crippen LogP contribution in [0.1, 0.15) is 36.4 Å². The van der Waals surface area contributed by atoms with Gasteiger partial charge in [-0.15, -0.1) is 0 Å². The number of hydrogen-bond acceptors (Lipinski definition) is 2. The summed E-state index contributed by atoms with van der Waals surface area (Å²) >= 11 is 0. The van der Waals surface area contributed by atoms with Gasteiger partial charge in [0.2, 0.25) is 0 Å². The van der Waals surface area contributed by atoms with Gasteiger partial charge in [0.05, 0.1) is 0 Å². The molecule has 0 radical (unpaired) electrons. The van der Waals surface area contributed by atoms with E-state index in [-0.39, 0.29) is 24.4 Å². The predicted molar refractivity (Wildman–Crippen MR) is 83.7 cm³/mol. The van der Waals surface area contributed by atoms with Crippen molar-refractivity contribution >= 4 is 0 Å². The number of aliphatic hydroxyl groups is 1. The zero-order chi connectivity index (χ0) is 15.1. The molecule has 2 rings (SSSR count). The van der Waals surface area contributed by atoms with E-state index in [1.807, 2.05) is 31.2 Å². The van der Waals surface area contributed by atoms with Gasteiger partial charge >= 0.3 is 0 Å². The van der Waals surface area contributed by atoms with Crippen molar-refractivity contribution in [2.75, 3.05) is 13.2 Å². The molecule has 0 saturated carbocycles. The molecule has 2 atom stereocenters. The third-order valence-corrected chi connectivity index (χ3v) is 3.79. The molecule has 2 unspecified atom stereocenters. The second-order valence-electron chi connectivity index (χ2n) is 5.27. The van der Waals surface area contributed by atoms with Crippen LogP contribution in [0.3, 0.4) is 0 Å². The second-order valence-corrected chi connectivity index (χ2v) is 5.27. The van der Waals surface area contributed by atoms with E-state index in [0.29, 0.717) is 18.5 Å². The molecule has 0 spiro atoms. The van der Waals surface area contributed by atoms with Crippen molar-refractivity contribution in [3.63, 3.8) is 0 Å². The predicted octanol–water partition coefficient (Wildman–Crippen LogP) is 3.64. The van der Waals surface area contributed by atoms with Crippen LogP contribution in [0, 0.1) is 5.82 Å². The molecule has 0 aromatic heterocycles. The summed E-state index contributed by atoms with van der Waals surface area (Å²) in [7, 11) is 0. The molecule has 0 aliphatic rings. The van der Waals surface area contributed by atoms with E-state index in [1.54, 1.807) is 12.1 Å². The van der Waals surface area contributed by atoms with Crippen molar-refractivity contribution in [3.8, 4) is 0 Å². The highest BCUT2D eigenvalue weighted by molar-refractivity contribution is 5.22. The van der Waals surface area contributed by atoms with Crippen LogP contribution in [0.4, 0.5) is 4.39 Å². The lowest BCUT2D eigenvalue weighted by Crippen LogP contribution is -2.26. The number of halogens is 1. The zero-order valence-corrected chi connectivity index (χ0v) is 12.3. The minimum Gasteiger partial charge on any atom is -0.396 e. The Hall–Kier alpha value is -1.71. The van der Waals surface area contributed by atoms with Crippen molar-refractivity contribution in [1.82, 2.24) is 5.32 Å². The number of benzene rings is 2. The summed E-state index contributed by atoms with van der Waals surface area (Å²) in [4.78, 5) is 0. The van der Waals surface area contributed by atoms with Crippen LogP contribution in [0.15, 0.2) is 54.6 Å². The summed E-state index contributed by atoms with van der Waals surface area (Å²) in [5, 5.41) is 12.6. The molecular weight excluding hydrogens is 265 g/mol. The van der Waals surface area contributed by atoms with Gasteiger partial charge < -0.3 is 10.4 Å². The lowest BCUT2D eigenvalue weighted by molar-refractivity contribution is 0.272. The summed E-state index contributed by atoms with van der Waals surface area (Å²) in [5.74, 6) is 0.0429. The molecule has 2 aromatic rings. The van der Waals surface area contributed by atoms with Crippen LogP contribution < -0.4 is 5.32 Å². The van der Waals surface area contributed by atoms with E-state index >= 15 is 0 Å². The van der Waals surface area contributed by atoms with E-state index in [1.165, 1.54) is 11.6 Å². The van der Waals surface area contributed by atoms with E-state index in [4.69, 9.17) is 0 Å². The molecule has 2 aromatic carbocycles. The minimum absolute atomic E-state index is 0.0592. The van der Waals surface area contributed by atoms with E-state index in [2.05, 4.69) is 17.4 Å². The van der Waals surface area contributed by atoms with Crippen molar-refractivity contribution < 1.29 is 9.50 Å². The molecule has 0 aliphatic heterocycles. The van der Waals surface area contributed by atoms with Gasteiger partial charge in [0.1, 0.15) is 5.82 Å². The summed E-state index contributed by atoms with van der Waals surface area (Å²) in [6, 6.07) is 16.9. The Morgan fingerprint density at radius 3 is 2.38 bits per heavy atom. The largest absolute Gasteiger partial charge is 0.396 e. The minimum atomic E-state index is -0.184. The maximum Gasteiger partial charge on any atom is 0.127 e. The topological polar surface area (TPSA) is 32.3 Å². The Morgan fingerprint density at radius 1 is 1.05 bits per heavy atom. The SMILES string of the molecule is CC(NCC(CCO)c1ccccc1)c1ccccc1F. The lowest BCUT2D eigenvalue weighted by atomic mass is 9.95. The summed E-state index contributed by atoms with van der Waals surface area (Å²) in [6.45, 7) is 2.81. The van der Waals surface area contributed by atoms with Crippen LogP contribution in [0.5, 0.6) is 0 Å². The monoisotopic (exact) mass is 287 g/mol. The summed E-state index contributed by atoms with van der Waals surface area (Å²) < 4.78 is 13.8. The quantitative estimate of drug-likeness (QED) is 0.815. The number of rotatable bonds is 7. The van der Waals surface area contributed by atoms with Crippen molar-refractivity contribution in [3.05, 3.63) is 71.5 Å². The highest BCUT2D eigenvalue weighted by atomic mass is 19.1. The Morgan fingerprint density at radius 2 is 1.71 bits per heavy atom. The first-order valence-electron chi connectivity index (χ1n) is 7.36.